The van der Waals surface area contributed by atoms with Crippen LogP contribution in [-0.4, -0.2) is 27.5 Å². The van der Waals surface area contributed by atoms with E-state index in [1.165, 1.54) is 11.3 Å². The lowest BCUT2D eigenvalue weighted by molar-refractivity contribution is -0.129. The van der Waals surface area contributed by atoms with Crippen LogP contribution in [0.1, 0.15) is 18.2 Å². The Labute approximate surface area is 89.8 Å². The second kappa shape index (κ2) is 3.28. The number of carbonyl (C=O) groups excluding carboxylic acids is 1. The van der Waals surface area contributed by atoms with E-state index in [1.54, 1.807) is 6.92 Å². The summed E-state index contributed by atoms with van der Waals surface area (Å²) < 4.78 is 0.985. The molecule has 0 aromatic carbocycles. The van der Waals surface area contributed by atoms with Crippen LogP contribution >= 0.6 is 22.6 Å². The Balaban J connectivity index is 2.27. The van der Waals surface area contributed by atoms with Gasteiger partial charge in [-0.3, -0.25) is 9.89 Å². The first-order valence-corrected chi connectivity index (χ1v) is 5.23. The molecule has 0 saturated carbocycles. The number of H-pyrrole nitrogens is 1. The highest BCUT2D eigenvalue weighted by atomic mass is 127. The van der Waals surface area contributed by atoms with Crippen LogP contribution in [0.2, 0.25) is 0 Å². The average molecular weight is 291 g/mol. The molecule has 1 aromatic heterocycles. The molecule has 0 aliphatic carbocycles. The number of nitrogens with zero attached hydrogens (tertiary/aromatic N) is 2. The monoisotopic (exact) mass is 291 g/mol. The Morgan fingerprint density at radius 3 is 3.15 bits per heavy atom. The molecule has 1 aliphatic rings. The van der Waals surface area contributed by atoms with Crippen LogP contribution < -0.4 is 0 Å². The van der Waals surface area contributed by atoms with Crippen molar-refractivity contribution in [1.82, 2.24) is 15.1 Å². The molecule has 0 bridgehead atoms. The average Bonchev–Trinajstić information content (AvgIpc) is 2.47. The number of nitrogens with one attached hydrogen (secondary N) is 1. The van der Waals surface area contributed by atoms with Gasteiger partial charge in [-0.25, -0.2) is 0 Å². The zero-order valence-electron chi connectivity index (χ0n) is 7.30. The van der Waals surface area contributed by atoms with Gasteiger partial charge in [0.1, 0.15) is 3.70 Å². The highest BCUT2D eigenvalue weighted by Crippen LogP contribution is 2.21. The molecule has 13 heavy (non-hydrogen) atoms. The fourth-order valence-corrected chi connectivity index (χ4v) is 2.15. The maximum absolute atomic E-state index is 11.1. The molecule has 70 valence electrons. The van der Waals surface area contributed by atoms with Gasteiger partial charge in [0.25, 0.3) is 0 Å². The maximum atomic E-state index is 11.1. The zero-order valence-corrected chi connectivity index (χ0v) is 9.46. The van der Waals surface area contributed by atoms with E-state index in [4.69, 9.17) is 0 Å². The fraction of sp³-hybridized carbons (Fsp3) is 0.500. The summed E-state index contributed by atoms with van der Waals surface area (Å²) >= 11 is 2.19. The molecule has 2 heterocycles. The first-order chi connectivity index (χ1) is 6.18. The molecule has 0 radical (unpaired) electrons. The topological polar surface area (TPSA) is 49.0 Å². The summed E-state index contributed by atoms with van der Waals surface area (Å²) in [5, 5.41) is 7.11. The standard InChI is InChI=1S/C8H10IN3O/c1-5(13)12-3-2-7-6(4-12)8(9)11-10-7/h2-4H2,1H3,(H,10,11). The Kier molecular flexibility index (Phi) is 2.27. The number of halogens is 1. The molecule has 1 amide bonds. The van der Waals surface area contributed by atoms with Crippen molar-refractivity contribution in [3.8, 4) is 0 Å². The second-order valence-electron chi connectivity index (χ2n) is 3.16. The van der Waals surface area contributed by atoms with E-state index in [-0.39, 0.29) is 5.91 Å². The quantitative estimate of drug-likeness (QED) is 0.723. The highest BCUT2D eigenvalue weighted by Gasteiger charge is 2.21. The van der Waals surface area contributed by atoms with Gasteiger partial charge in [0.15, 0.2) is 0 Å². The number of fused-ring (bicyclic) bond motifs is 1. The van der Waals surface area contributed by atoms with E-state index in [0.717, 1.165) is 16.7 Å². The van der Waals surface area contributed by atoms with Gasteiger partial charge in [0.05, 0.1) is 6.54 Å². The maximum Gasteiger partial charge on any atom is 0.219 e. The van der Waals surface area contributed by atoms with Gasteiger partial charge in [-0.2, -0.15) is 5.10 Å². The summed E-state index contributed by atoms with van der Waals surface area (Å²) in [5.41, 5.74) is 2.36. The molecule has 1 aliphatic heterocycles. The molecule has 1 N–H and O–H groups in total. The highest BCUT2D eigenvalue weighted by molar-refractivity contribution is 14.1. The van der Waals surface area contributed by atoms with E-state index >= 15 is 0 Å². The lowest BCUT2D eigenvalue weighted by Gasteiger charge is -2.25. The molecule has 0 spiro atoms. The zero-order chi connectivity index (χ0) is 9.42. The predicted octanol–water partition coefficient (Wildman–Crippen LogP) is 0.919. The van der Waals surface area contributed by atoms with Gasteiger partial charge in [-0.1, -0.05) is 0 Å². The number of hydrogen-bond acceptors (Lipinski definition) is 2. The minimum Gasteiger partial charge on any atom is -0.338 e. The second-order valence-corrected chi connectivity index (χ2v) is 4.18. The minimum absolute atomic E-state index is 0.141. The number of carbonyl (C=O) groups is 1. The summed E-state index contributed by atoms with van der Waals surface area (Å²) in [6, 6.07) is 0. The van der Waals surface area contributed by atoms with Gasteiger partial charge in [-0.15, -0.1) is 0 Å². The van der Waals surface area contributed by atoms with E-state index in [1.807, 2.05) is 4.90 Å². The largest absolute Gasteiger partial charge is 0.338 e. The van der Waals surface area contributed by atoms with Crippen molar-refractivity contribution in [3.05, 3.63) is 15.0 Å². The Bertz CT molecular complexity index is 347. The van der Waals surface area contributed by atoms with Gasteiger partial charge < -0.3 is 4.90 Å². The lowest BCUT2D eigenvalue weighted by atomic mass is 10.1. The predicted molar refractivity (Wildman–Crippen MR) is 56.1 cm³/mol. The first-order valence-electron chi connectivity index (χ1n) is 4.15. The van der Waals surface area contributed by atoms with Crippen LogP contribution in [0.5, 0.6) is 0 Å². The van der Waals surface area contributed by atoms with Crippen molar-refractivity contribution >= 4 is 28.5 Å². The molecule has 0 atom stereocenters. The molecule has 1 aromatic rings. The molecule has 0 fully saturated rings. The van der Waals surface area contributed by atoms with Crippen molar-refractivity contribution in [3.63, 3.8) is 0 Å². The third-order valence-electron chi connectivity index (χ3n) is 2.33. The van der Waals surface area contributed by atoms with Crippen LogP contribution in [0.25, 0.3) is 0 Å². The van der Waals surface area contributed by atoms with Crippen molar-refractivity contribution in [2.45, 2.75) is 19.9 Å². The molecule has 0 unspecified atom stereocenters. The Morgan fingerprint density at radius 2 is 2.46 bits per heavy atom. The summed E-state index contributed by atoms with van der Waals surface area (Å²) in [7, 11) is 0. The van der Waals surface area contributed by atoms with Crippen molar-refractivity contribution in [2.75, 3.05) is 6.54 Å². The van der Waals surface area contributed by atoms with Gasteiger partial charge >= 0.3 is 0 Å². The number of amides is 1. The van der Waals surface area contributed by atoms with E-state index in [9.17, 15) is 4.79 Å². The van der Waals surface area contributed by atoms with Crippen LogP contribution in [0.15, 0.2) is 0 Å². The molecule has 5 heteroatoms. The van der Waals surface area contributed by atoms with Crippen molar-refractivity contribution in [2.24, 2.45) is 0 Å². The lowest BCUT2D eigenvalue weighted by Crippen LogP contribution is -2.34. The van der Waals surface area contributed by atoms with Crippen molar-refractivity contribution in [1.29, 1.82) is 0 Å². The smallest absolute Gasteiger partial charge is 0.219 e. The summed E-state index contributed by atoms with van der Waals surface area (Å²) in [5.74, 6) is 0.141. The number of hydrogen-bond donors (Lipinski definition) is 1. The molecule has 0 saturated heterocycles. The van der Waals surface area contributed by atoms with Crippen LogP contribution in [0.4, 0.5) is 0 Å². The first kappa shape index (κ1) is 8.98. The molecule has 2 rings (SSSR count). The number of aromatic nitrogens is 2. The number of rotatable bonds is 0. The summed E-state index contributed by atoms with van der Waals surface area (Å²) in [4.78, 5) is 13.0. The Hall–Kier alpha value is -0.590. The normalized spacial score (nSPS) is 15.7. The van der Waals surface area contributed by atoms with Crippen LogP contribution in [0.3, 0.4) is 0 Å². The molecule has 4 nitrogen and oxygen atoms in total. The minimum atomic E-state index is 0.141. The van der Waals surface area contributed by atoms with E-state index in [2.05, 4.69) is 32.8 Å². The third-order valence-corrected chi connectivity index (χ3v) is 3.22. The summed E-state index contributed by atoms with van der Waals surface area (Å²) in [6.07, 6.45) is 0.894. The summed E-state index contributed by atoms with van der Waals surface area (Å²) in [6.45, 7) is 3.12. The fourth-order valence-electron chi connectivity index (χ4n) is 1.53. The van der Waals surface area contributed by atoms with Crippen LogP contribution in [-0.2, 0) is 17.8 Å². The van der Waals surface area contributed by atoms with Crippen molar-refractivity contribution < 1.29 is 4.79 Å². The van der Waals surface area contributed by atoms with Gasteiger partial charge in [0, 0.05) is 31.1 Å². The van der Waals surface area contributed by atoms with Crippen LogP contribution in [0, 0.1) is 3.70 Å². The SMILES string of the molecule is CC(=O)N1CCc2[nH]nc(I)c2C1. The van der Waals surface area contributed by atoms with Gasteiger partial charge in [0.2, 0.25) is 5.91 Å². The van der Waals surface area contributed by atoms with E-state index in [0.29, 0.717) is 6.54 Å². The third kappa shape index (κ3) is 1.56. The number of aromatic amines is 1. The van der Waals surface area contributed by atoms with E-state index < -0.39 is 0 Å². The molecular formula is C8H10IN3O. The molecular weight excluding hydrogens is 281 g/mol. The Morgan fingerprint density at radius 1 is 1.69 bits per heavy atom. The van der Waals surface area contributed by atoms with Gasteiger partial charge in [-0.05, 0) is 22.6 Å².